The molecule has 1 aliphatic heterocycles. The van der Waals surface area contributed by atoms with Crippen LogP contribution >= 0.6 is 11.8 Å². The highest BCUT2D eigenvalue weighted by Gasteiger charge is 2.14. The van der Waals surface area contributed by atoms with Gasteiger partial charge in [0, 0.05) is 23.4 Å². The van der Waals surface area contributed by atoms with E-state index in [1.807, 2.05) is 12.1 Å². The van der Waals surface area contributed by atoms with E-state index >= 15 is 0 Å². The van der Waals surface area contributed by atoms with E-state index in [4.69, 9.17) is 4.42 Å². The second-order valence-corrected chi connectivity index (χ2v) is 6.06. The van der Waals surface area contributed by atoms with Crippen LogP contribution in [0.2, 0.25) is 0 Å². The molecule has 0 amide bonds. The number of phenols is 1. The molecule has 0 fully saturated rings. The Labute approximate surface area is 126 Å². The summed E-state index contributed by atoms with van der Waals surface area (Å²) in [7, 11) is 0. The van der Waals surface area contributed by atoms with Crippen LogP contribution in [0.25, 0.3) is 21.9 Å². The smallest absolute Gasteiger partial charge is 0.116 e. The molecule has 0 atom stereocenters. The van der Waals surface area contributed by atoms with Crippen molar-refractivity contribution in [2.24, 2.45) is 4.99 Å². The highest BCUT2D eigenvalue weighted by Crippen LogP contribution is 2.34. The predicted molar refractivity (Wildman–Crippen MR) is 87.2 cm³/mol. The average molecular weight is 295 g/mol. The fourth-order valence-corrected chi connectivity index (χ4v) is 3.49. The number of aromatic hydroxyl groups is 1. The topological polar surface area (TPSA) is 45.7 Å². The summed E-state index contributed by atoms with van der Waals surface area (Å²) >= 11 is 1.78. The largest absolute Gasteiger partial charge is 0.508 e. The summed E-state index contributed by atoms with van der Waals surface area (Å²) in [5, 5.41) is 12.9. The van der Waals surface area contributed by atoms with Gasteiger partial charge in [-0.1, -0.05) is 6.07 Å². The first-order chi connectivity index (χ1) is 10.3. The number of aliphatic imine (C=N–C) groups is 1. The Bertz CT molecular complexity index is 837. The Morgan fingerprint density at radius 2 is 2.05 bits per heavy atom. The second-order valence-electron chi connectivity index (χ2n) is 4.98. The zero-order valence-corrected chi connectivity index (χ0v) is 12.1. The fourth-order valence-electron chi connectivity index (χ4n) is 2.65. The van der Waals surface area contributed by atoms with E-state index in [0.717, 1.165) is 44.8 Å². The molecule has 2 heterocycles. The molecule has 4 heteroatoms. The average Bonchev–Trinajstić information content (AvgIpc) is 3.19. The third kappa shape index (κ3) is 2.21. The van der Waals surface area contributed by atoms with E-state index in [1.54, 1.807) is 36.4 Å². The first kappa shape index (κ1) is 12.5. The van der Waals surface area contributed by atoms with E-state index in [-0.39, 0.29) is 5.75 Å². The molecule has 0 saturated carbocycles. The Morgan fingerprint density at radius 3 is 2.81 bits per heavy atom. The van der Waals surface area contributed by atoms with Crippen molar-refractivity contribution in [3.8, 4) is 16.9 Å². The number of phenolic OH excluding ortho intramolecular Hbond substituents is 1. The lowest BCUT2D eigenvalue weighted by Gasteiger charge is -2.09. The lowest BCUT2D eigenvalue weighted by molar-refractivity contribution is 0.476. The Kier molecular flexibility index (Phi) is 2.97. The molecule has 1 aromatic heterocycles. The summed E-state index contributed by atoms with van der Waals surface area (Å²) in [6.45, 7) is 0.874. The van der Waals surface area contributed by atoms with Crippen LogP contribution in [0.3, 0.4) is 0 Å². The molecule has 3 nitrogen and oxygen atoms in total. The maximum absolute atomic E-state index is 9.75. The molecule has 1 aliphatic rings. The van der Waals surface area contributed by atoms with Gasteiger partial charge in [-0.15, -0.1) is 11.8 Å². The van der Waals surface area contributed by atoms with Gasteiger partial charge in [0.15, 0.2) is 0 Å². The Hall–Kier alpha value is -2.20. The fraction of sp³-hybridized carbons (Fsp3) is 0.118. The molecule has 0 bridgehead atoms. The molecule has 1 N–H and O–H groups in total. The summed E-state index contributed by atoms with van der Waals surface area (Å²) in [5.41, 5.74) is 3.24. The minimum atomic E-state index is 0.277. The molecule has 4 rings (SSSR count). The highest BCUT2D eigenvalue weighted by molar-refractivity contribution is 8.14. The van der Waals surface area contributed by atoms with E-state index in [0.29, 0.717) is 0 Å². The quantitative estimate of drug-likeness (QED) is 0.766. The van der Waals surface area contributed by atoms with Crippen molar-refractivity contribution < 1.29 is 9.52 Å². The zero-order valence-electron chi connectivity index (χ0n) is 11.2. The number of benzene rings is 2. The van der Waals surface area contributed by atoms with Gasteiger partial charge in [-0.3, -0.25) is 4.99 Å². The van der Waals surface area contributed by atoms with Gasteiger partial charge in [-0.25, -0.2) is 0 Å². The monoisotopic (exact) mass is 295 g/mol. The van der Waals surface area contributed by atoms with Crippen LogP contribution < -0.4 is 0 Å². The van der Waals surface area contributed by atoms with Gasteiger partial charge in [0.05, 0.1) is 17.6 Å². The predicted octanol–water partition coefficient (Wildman–Crippen LogP) is 4.30. The van der Waals surface area contributed by atoms with Crippen LogP contribution in [0.4, 0.5) is 0 Å². The van der Waals surface area contributed by atoms with E-state index < -0.39 is 0 Å². The third-order valence-electron chi connectivity index (χ3n) is 3.60. The molecule has 0 unspecified atom stereocenters. The summed E-state index contributed by atoms with van der Waals surface area (Å²) in [6, 6.07) is 11.7. The number of hydrogen-bond donors (Lipinski definition) is 1. The number of thioether (sulfide) groups is 1. The number of furan rings is 1. The van der Waals surface area contributed by atoms with E-state index in [2.05, 4.69) is 17.1 Å². The van der Waals surface area contributed by atoms with Gasteiger partial charge in [-0.2, -0.15) is 0 Å². The summed E-state index contributed by atoms with van der Waals surface area (Å²) in [4.78, 5) is 4.55. The van der Waals surface area contributed by atoms with Gasteiger partial charge >= 0.3 is 0 Å². The van der Waals surface area contributed by atoms with E-state index in [1.165, 1.54) is 0 Å². The van der Waals surface area contributed by atoms with Crippen LogP contribution in [0, 0.1) is 0 Å². The molecule has 0 spiro atoms. The molecular weight excluding hydrogens is 282 g/mol. The van der Waals surface area contributed by atoms with Gasteiger partial charge in [0.2, 0.25) is 0 Å². The van der Waals surface area contributed by atoms with Crippen LogP contribution in [0.5, 0.6) is 5.75 Å². The lowest BCUT2D eigenvalue weighted by atomic mass is 9.97. The normalized spacial score (nSPS) is 14.6. The standard InChI is InChI=1S/C17H13NO2S/c19-14-1-2-15-12(8-14)7-13(17-18-4-6-21-17)9-16(15)11-3-5-20-10-11/h1-3,5,7-10,19H,4,6H2. The van der Waals surface area contributed by atoms with Crippen molar-refractivity contribution in [3.05, 3.63) is 54.5 Å². The van der Waals surface area contributed by atoms with Crippen molar-refractivity contribution in [1.29, 1.82) is 0 Å². The summed E-state index contributed by atoms with van der Waals surface area (Å²) < 4.78 is 5.22. The molecule has 104 valence electrons. The number of nitrogens with zero attached hydrogens (tertiary/aromatic N) is 1. The first-order valence-corrected chi connectivity index (χ1v) is 7.77. The van der Waals surface area contributed by atoms with Crippen LogP contribution in [0.15, 0.2) is 58.3 Å². The van der Waals surface area contributed by atoms with Gasteiger partial charge < -0.3 is 9.52 Å². The maximum Gasteiger partial charge on any atom is 0.116 e. The summed E-state index contributed by atoms with van der Waals surface area (Å²) in [5.74, 6) is 1.31. The van der Waals surface area contributed by atoms with Gasteiger partial charge in [-0.05, 0) is 46.7 Å². The Morgan fingerprint density at radius 1 is 1.10 bits per heavy atom. The first-order valence-electron chi connectivity index (χ1n) is 6.78. The van der Waals surface area contributed by atoms with Crippen LogP contribution in [-0.2, 0) is 0 Å². The second kappa shape index (κ2) is 4.97. The number of fused-ring (bicyclic) bond motifs is 1. The Balaban J connectivity index is 2.01. The minimum absolute atomic E-state index is 0.277. The molecule has 2 aromatic carbocycles. The molecule has 3 aromatic rings. The minimum Gasteiger partial charge on any atom is -0.508 e. The third-order valence-corrected chi connectivity index (χ3v) is 4.63. The number of hydrogen-bond acceptors (Lipinski definition) is 4. The van der Waals surface area contributed by atoms with Crippen molar-refractivity contribution in [2.45, 2.75) is 0 Å². The van der Waals surface area contributed by atoms with Gasteiger partial charge in [0.1, 0.15) is 5.75 Å². The lowest BCUT2D eigenvalue weighted by Crippen LogP contribution is -1.93. The van der Waals surface area contributed by atoms with Crippen LogP contribution in [0.1, 0.15) is 5.56 Å². The van der Waals surface area contributed by atoms with E-state index in [9.17, 15) is 5.11 Å². The SMILES string of the molecule is Oc1ccc2c(-c3ccoc3)cc(C3=NCCS3)cc2c1. The molecule has 0 saturated heterocycles. The van der Waals surface area contributed by atoms with Gasteiger partial charge in [0.25, 0.3) is 0 Å². The maximum atomic E-state index is 9.75. The zero-order chi connectivity index (χ0) is 14.2. The van der Waals surface area contributed by atoms with Crippen molar-refractivity contribution in [2.75, 3.05) is 12.3 Å². The van der Waals surface area contributed by atoms with Crippen molar-refractivity contribution in [3.63, 3.8) is 0 Å². The highest BCUT2D eigenvalue weighted by atomic mass is 32.2. The molecule has 0 radical (unpaired) electrons. The summed E-state index contributed by atoms with van der Waals surface area (Å²) in [6.07, 6.45) is 3.42. The molecule has 21 heavy (non-hydrogen) atoms. The van der Waals surface area contributed by atoms with Crippen molar-refractivity contribution >= 4 is 27.6 Å². The molecular formula is C17H13NO2S. The molecule has 0 aliphatic carbocycles. The number of rotatable bonds is 2. The van der Waals surface area contributed by atoms with Crippen molar-refractivity contribution in [1.82, 2.24) is 0 Å². The van der Waals surface area contributed by atoms with Crippen LogP contribution in [-0.4, -0.2) is 22.4 Å².